The maximum atomic E-state index is 4.98. The summed E-state index contributed by atoms with van der Waals surface area (Å²) in [5.41, 5.74) is 7.06. The highest BCUT2D eigenvalue weighted by Gasteiger charge is 2.16. The molecule has 31 heavy (non-hydrogen) atoms. The van der Waals surface area contributed by atoms with E-state index in [1.54, 1.807) is 0 Å². The normalized spacial score (nSPS) is 12.0. The van der Waals surface area contributed by atoms with Crippen LogP contribution in [0.4, 0.5) is 11.4 Å². The highest BCUT2D eigenvalue weighted by molar-refractivity contribution is 5.84. The van der Waals surface area contributed by atoms with E-state index in [9.17, 15) is 0 Å². The van der Waals surface area contributed by atoms with Crippen LogP contribution in [0.5, 0.6) is 0 Å². The molecule has 2 aliphatic rings. The van der Waals surface area contributed by atoms with Gasteiger partial charge in [0.2, 0.25) is 0 Å². The molecule has 1 aliphatic carbocycles. The molecule has 0 unspecified atom stereocenters. The summed E-state index contributed by atoms with van der Waals surface area (Å²) in [5, 5.41) is 4.46. The number of aromatic nitrogens is 2. The Hall–Kier alpha value is -3.92. The zero-order valence-corrected chi connectivity index (χ0v) is 17.7. The molecular formula is C27H24N4. The summed E-state index contributed by atoms with van der Waals surface area (Å²) in [7, 11) is 0. The summed E-state index contributed by atoms with van der Waals surface area (Å²) >= 11 is 0. The number of hydrogen-bond acceptors (Lipinski definition) is 3. The lowest BCUT2D eigenvalue weighted by molar-refractivity contribution is 0.806. The van der Waals surface area contributed by atoms with Gasteiger partial charge >= 0.3 is 0 Å². The van der Waals surface area contributed by atoms with Crippen LogP contribution in [-0.4, -0.2) is 15.6 Å². The zero-order chi connectivity index (χ0) is 21.2. The number of fused-ring (bicyclic) bond motifs is 2. The predicted octanol–water partition coefficient (Wildman–Crippen LogP) is 6.18. The third kappa shape index (κ3) is 3.80. The standard InChI is InChI=1S/C27H24N4/c1-19(2)28-24-18-27-25(17-23(24)29-20-11-5-3-6-12-20)30-22-15-9-10-16-26(22)31(27)21-13-7-4-8-14-21/h3-19,29H,1-2H3. The van der Waals surface area contributed by atoms with E-state index in [0.29, 0.717) is 0 Å². The molecule has 1 aliphatic heterocycles. The molecule has 1 heterocycles. The number of para-hydroxylation sites is 4. The van der Waals surface area contributed by atoms with Crippen LogP contribution >= 0.6 is 0 Å². The van der Waals surface area contributed by atoms with Gasteiger partial charge in [0.05, 0.1) is 33.5 Å². The summed E-state index contributed by atoms with van der Waals surface area (Å²) in [6, 6.07) is 33.3. The third-order valence-electron chi connectivity index (χ3n) is 5.16. The van der Waals surface area contributed by atoms with Gasteiger partial charge in [0.15, 0.2) is 0 Å². The van der Waals surface area contributed by atoms with E-state index in [2.05, 4.69) is 90.5 Å². The minimum Gasteiger partial charge on any atom is -0.354 e. The first kappa shape index (κ1) is 19.1. The largest absolute Gasteiger partial charge is 0.354 e. The molecule has 0 saturated heterocycles. The monoisotopic (exact) mass is 404 g/mol. The van der Waals surface area contributed by atoms with E-state index in [1.807, 2.05) is 30.3 Å². The lowest BCUT2D eigenvalue weighted by Crippen LogP contribution is -2.16. The van der Waals surface area contributed by atoms with Crippen LogP contribution in [0.3, 0.4) is 0 Å². The molecule has 0 atom stereocenters. The fourth-order valence-corrected chi connectivity index (χ4v) is 3.86. The first-order chi connectivity index (χ1) is 15.2. The first-order valence-corrected chi connectivity index (χ1v) is 10.6. The molecule has 0 fully saturated rings. The molecule has 4 nitrogen and oxygen atoms in total. The summed E-state index contributed by atoms with van der Waals surface area (Å²) in [6.45, 7) is 4.20. The molecule has 0 bridgehead atoms. The van der Waals surface area contributed by atoms with Crippen LogP contribution in [-0.2, 0) is 0 Å². The predicted molar refractivity (Wildman–Crippen MR) is 128 cm³/mol. The molecule has 152 valence electrons. The Bertz CT molecular complexity index is 1370. The van der Waals surface area contributed by atoms with E-state index in [1.165, 1.54) is 0 Å². The van der Waals surface area contributed by atoms with Gasteiger partial charge in [-0.1, -0.05) is 48.5 Å². The summed E-state index contributed by atoms with van der Waals surface area (Å²) in [5.74, 6) is 0. The van der Waals surface area contributed by atoms with Gasteiger partial charge in [-0.25, -0.2) is 4.98 Å². The molecule has 1 N–H and O–H groups in total. The van der Waals surface area contributed by atoms with Gasteiger partial charge in [-0.05, 0) is 62.4 Å². The van der Waals surface area contributed by atoms with Crippen molar-refractivity contribution in [3.63, 3.8) is 0 Å². The number of anilines is 2. The van der Waals surface area contributed by atoms with Gasteiger partial charge in [0, 0.05) is 17.4 Å². The Labute approximate surface area is 181 Å². The van der Waals surface area contributed by atoms with Gasteiger partial charge in [0.25, 0.3) is 0 Å². The summed E-state index contributed by atoms with van der Waals surface area (Å²) in [4.78, 5) is 9.90. The molecule has 4 heteroatoms. The molecule has 0 radical (unpaired) electrons. The number of nitrogens with one attached hydrogen (secondary N) is 1. The van der Waals surface area contributed by atoms with Gasteiger partial charge in [-0.15, -0.1) is 0 Å². The van der Waals surface area contributed by atoms with Crippen LogP contribution in [0.25, 0.3) is 28.1 Å². The maximum absolute atomic E-state index is 4.98. The second-order valence-corrected chi connectivity index (χ2v) is 7.84. The van der Waals surface area contributed by atoms with E-state index >= 15 is 0 Å². The van der Waals surface area contributed by atoms with Gasteiger partial charge in [-0.3, -0.25) is 4.99 Å². The molecule has 5 rings (SSSR count). The zero-order valence-electron chi connectivity index (χ0n) is 17.7. The maximum Gasteiger partial charge on any atom is 0.0900 e. The van der Waals surface area contributed by atoms with E-state index in [4.69, 9.17) is 9.98 Å². The van der Waals surface area contributed by atoms with Crippen molar-refractivity contribution in [2.75, 3.05) is 5.32 Å². The van der Waals surface area contributed by atoms with Crippen molar-refractivity contribution in [1.29, 1.82) is 0 Å². The van der Waals surface area contributed by atoms with Gasteiger partial charge < -0.3 is 9.88 Å². The smallest absolute Gasteiger partial charge is 0.0900 e. The van der Waals surface area contributed by atoms with Crippen molar-refractivity contribution in [1.82, 2.24) is 9.55 Å². The molecule has 0 aromatic heterocycles. The SMILES string of the molecule is CC(C)N=c1cc2n(-c3ccccc3)c3ccccc3nc-2cc1Nc1ccccc1. The van der Waals surface area contributed by atoms with E-state index < -0.39 is 0 Å². The minimum atomic E-state index is 0.173. The number of rotatable bonds is 4. The van der Waals surface area contributed by atoms with Crippen LogP contribution in [0.2, 0.25) is 0 Å². The highest BCUT2D eigenvalue weighted by atomic mass is 15.0. The number of hydrogen-bond donors (Lipinski definition) is 1. The van der Waals surface area contributed by atoms with Crippen molar-refractivity contribution < 1.29 is 0 Å². The van der Waals surface area contributed by atoms with Crippen molar-refractivity contribution >= 4 is 22.4 Å². The van der Waals surface area contributed by atoms with Crippen LogP contribution in [0.1, 0.15) is 13.8 Å². The fourth-order valence-electron chi connectivity index (χ4n) is 3.86. The second kappa shape index (κ2) is 8.07. The van der Waals surface area contributed by atoms with Crippen molar-refractivity contribution in [3.8, 4) is 17.1 Å². The Morgan fingerprint density at radius 1 is 0.806 bits per heavy atom. The highest BCUT2D eigenvalue weighted by Crippen LogP contribution is 2.30. The van der Waals surface area contributed by atoms with Crippen molar-refractivity contribution in [3.05, 3.63) is 102 Å². The fraction of sp³-hybridized carbons (Fsp3) is 0.111. The third-order valence-corrected chi connectivity index (χ3v) is 5.16. The quantitative estimate of drug-likeness (QED) is 0.363. The van der Waals surface area contributed by atoms with E-state index in [-0.39, 0.29) is 6.04 Å². The van der Waals surface area contributed by atoms with Gasteiger partial charge in [-0.2, -0.15) is 0 Å². The molecule has 0 spiro atoms. The van der Waals surface area contributed by atoms with Crippen LogP contribution < -0.4 is 10.7 Å². The van der Waals surface area contributed by atoms with Gasteiger partial charge in [0.1, 0.15) is 0 Å². The molecule has 3 aromatic carbocycles. The second-order valence-electron chi connectivity index (χ2n) is 7.84. The van der Waals surface area contributed by atoms with Crippen LogP contribution in [0, 0.1) is 0 Å². The molecule has 0 saturated carbocycles. The Morgan fingerprint density at radius 3 is 2.23 bits per heavy atom. The molecule has 3 aromatic rings. The topological polar surface area (TPSA) is 42.2 Å². The average Bonchev–Trinajstić information content (AvgIpc) is 2.79. The Morgan fingerprint density at radius 2 is 1.48 bits per heavy atom. The lowest BCUT2D eigenvalue weighted by Gasteiger charge is -2.20. The summed E-state index contributed by atoms with van der Waals surface area (Å²) in [6.07, 6.45) is 0. The summed E-state index contributed by atoms with van der Waals surface area (Å²) < 4.78 is 2.27. The minimum absolute atomic E-state index is 0.173. The van der Waals surface area contributed by atoms with E-state index in [0.717, 1.165) is 44.8 Å². The van der Waals surface area contributed by atoms with Crippen LogP contribution in [0.15, 0.2) is 102 Å². The Kier molecular flexibility index (Phi) is 4.97. The molecular weight excluding hydrogens is 380 g/mol. The number of nitrogens with zero attached hydrogens (tertiary/aromatic N) is 3. The lowest BCUT2D eigenvalue weighted by atomic mass is 10.1. The Balaban J connectivity index is 1.84. The average molecular weight is 405 g/mol. The van der Waals surface area contributed by atoms with Crippen molar-refractivity contribution in [2.24, 2.45) is 4.99 Å². The van der Waals surface area contributed by atoms with Crippen molar-refractivity contribution in [2.45, 2.75) is 19.9 Å². The first-order valence-electron chi connectivity index (χ1n) is 10.6. The number of benzene rings is 4. The molecule has 0 amide bonds.